The van der Waals surface area contributed by atoms with Crippen molar-refractivity contribution in [2.45, 2.75) is 12.2 Å². The van der Waals surface area contributed by atoms with E-state index in [4.69, 9.17) is 4.52 Å². The summed E-state index contributed by atoms with van der Waals surface area (Å²) in [5.41, 5.74) is 1.86. The summed E-state index contributed by atoms with van der Waals surface area (Å²) >= 11 is 5.27. The molecule has 1 saturated heterocycles. The van der Waals surface area contributed by atoms with Gasteiger partial charge in [0.05, 0.1) is 16.5 Å². The second kappa shape index (κ2) is 5.72. The molecule has 0 spiro atoms. The van der Waals surface area contributed by atoms with Crippen molar-refractivity contribution in [1.29, 1.82) is 0 Å². The maximum atomic E-state index is 5.43. The normalized spacial score (nSPS) is 19.6. The lowest BCUT2D eigenvalue weighted by Crippen LogP contribution is -2.07. The molecule has 0 saturated carbocycles. The summed E-state index contributed by atoms with van der Waals surface area (Å²) in [6.45, 7) is 1.96. The third-order valence-electron chi connectivity index (χ3n) is 2.85. The van der Waals surface area contributed by atoms with Crippen molar-refractivity contribution in [3.05, 3.63) is 11.5 Å². The van der Waals surface area contributed by atoms with Crippen LogP contribution in [0.5, 0.6) is 0 Å². The molecule has 1 fully saturated rings. The second-order valence-corrected chi connectivity index (χ2v) is 7.35. The molecule has 0 aliphatic carbocycles. The average molecular weight is 314 g/mol. The summed E-state index contributed by atoms with van der Waals surface area (Å²) in [5.74, 6) is 4.80. The first-order chi connectivity index (χ1) is 9.29. The lowest BCUT2D eigenvalue weighted by molar-refractivity contribution is 0.423. The molecule has 1 aliphatic heterocycles. The van der Waals surface area contributed by atoms with Gasteiger partial charge in [0.1, 0.15) is 5.00 Å². The fraction of sp³-hybridized carbons (Fsp3) is 0.545. The highest BCUT2D eigenvalue weighted by atomic mass is 32.2. The fourth-order valence-corrected chi connectivity index (χ4v) is 5.22. The van der Waals surface area contributed by atoms with E-state index >= 15 is 0 Å². The monoisotopic (exact) mass is 314 g/mol. The van der Waals surface area contributed by atoms with E-state index in [-0.39, 0.29) is 0 Å². The van der Waals surface area contributed by atoms with Crippen LogP contribution in [0, 0.1) is 6.92 Å². The van der Waals surface area contributed by atoms with Crippen molar-refractivity contribution < 1.29 is 4.52 Å². The highest BCUT2D eigenvalue weighted by Crippen LogP contribution is 2.38. The Bertz CT molecular complexity index is 562. The van der Waals surface area contributed by atoms with Gasteiger partial charge in [-0.2, -0.15) is 21.1 Å². The number of nitrogens with one attached hydrogen (secondary N) is 1. The minimum Gasteiger partial charge on any atom is -0.378 e. The van der Waals surface area contributed by atoms with Crippen LogP contribution in [0.3, 0.4) is 0 Å². The maximum absolute atomic E-state index is 5.43. The average Bonchev–Trinajstić information content (AvgIpc) is 3.05. The van der Waals surface area contributed by atoms with Gasteiger partial charge in [-0.25, -0.2) is 0 Å². The lowest BCUT2D eigenvalue weighted by Gasteiger charge is -2.16. The molecule has 1 unspecified atom stereocenters. The molecule has 0 radical (unpaired) electrons. The van der Waals surface area contributed by atoms with Gasteiger partial charge < -0.3 is 9.84 Å². The minimum absolute atomic E-state index is 0.348. The number of thioether (sulfide) groups is 2. The van der Waals surface area contributed by atoms with Crippen LogP contribution < -0.4 is 5.32 Å². The largest absolute Gasteiger partial charge is 0.378 e. The van der Waals surface area contributed by atoms with Gasteiger partial charge >= 0.3 is 0 Å². The van der Waals surface area contributed by atoms with Crippen molar-refractivity contribution >= 4 is 40.1 Å². The van der Waals surface area contributed by atoms with Gasteiger partial charge in [0.2, 0.25) is 0 Å². The van der Waals surface area contributed by atoms with Gasteiger partial charge in [-0.1, -0.05) is 5.16 Å². The van der Waals surface area contributed by atoms with Crippen molar-refractivity contribution in [2.24, 2.45) is 0 Å². The van der Waals surface area contributed by atoms with Crippen molar-refractivity contribution in [1.82, 2.24) is 14.5 Å². The first-order valence-corrected chi connectivity index (χ1v) is 8.94. The van der Waals surface area contributed by atoms with Gasteiger partial charge in [0.25, 0.3) is 5.89 Å². The summed E-state index contributed by atoms with van der Waals surface area (Å²) in [6, 6.07) is 0. The van der Waals surface area contributed by atoms with E-state index in [2.05, 4.69) is 19.8 Å². The number of aryl methyl sites for hydroxylation is 1. The quantitative estimate of drug-likeness (QED) is 0.934. The van der Waals surface area contributed by atoms with Gasteiger partial charge in [0.15, 0.2) is 5.82 Å². The summed E-state index contributed by atoms with van der Waals surface area (Å²) < 4.78 is 9.76. The second-order valence-electron chi connectivity index (χ2n) is 4.11. The summed E-state index contributed by atoms with van der Waals surface area (Å²) in [5, 5.41) is 8.58. The number of nitrogens with zero attached hydrogens (tertiary/aromatic N) is 3. The molecule has 102 valence electrons. The number of hydrogen-bond acceptors (Lipinski definition) is 8. The van der Waals surface area contributed by atoms with Crippen LogP contribution in [-0.2, 0) is 0 Å². The Morgan fingerprint density at radius 3 is 3.00 bits per heavy atom. The van der Waals surface area contributed by atoms with Crippen LogP contribution in [0.1, 0.15) is 16.8 Å². The van der Waals surface area contributed by atoms with E-state index in [1.54, 1.807) is 0 Å². The lowest BCUT2D eigenvalue weighted by atomic mass is 10.2. The summed E-state index contributed by atoms with van der Waals surface area (Å²) in [7, 11) is 1.88. The number of hydrogen-bond donors (Lipinski definition) is 1. The van der Waals surface area contributed by atoms with Crippen LogP contribution in [0.15, 0.2) is 4.52 Å². The first-order valence-electron chi connectivity index (χ1n) is 5.97. The number of rotatable bonds is 3. The van der Waals surface area contributed by atoms with Crippen molar-refractivity contribution in [3.63, 3.8) is 0 Å². The fourth-order valence-electron chi connectivity index (χ4n) is 1.90. The smallest absolute Gasteiger partial charge is 0.262 e. The highest BCUT2D eigenvalue weighted by Gasteiger charge is 2.24. The topological polar surface area (TPSA) is 63.8 Å². The van der Waals surface area contributed by atoms with Crippen LogP contribution in [0.2, 0.25) is 0 Å². The van der Waals surface area contributed by atoms with E-state index < -0.39 is 0 Å². The molecule has 0 amide bonds. The molecule has 1 atom stereocenters. The molecule has 2 aromatic heterocycles. The van der Waals surface area contributed by atoms with E-state index in [9.17, 15) is 0 Å². The van der Waals surface area contributed by atoms with Gasteiger partial charge in [-0.05, 0) is 18.5 Å². The first kappa shape index (κ1) is 13.3. The third-order valence-corrected chi connectivity index (χ3v) is 6.56. The SMILES string of the molecule is CNc1snc(C)c1-c1nc(C2CSCCS2)no1. The number of aromatic nitrogens is 3. The predicted octanol–water partition coefficient (Wildman–Crippen LogP) is 3.06. The summed E-state index contributed by atoms with van der Waals surface area (Å²) in [6.07, 6.45) is 0. The third kappa shape index (κ3) is 2.61. The van der Waals surface area contributed by atoms with E-state index in [1.165, 1.54) is 17.3 Å². The predicted molar refractivity (Wildman–Crippen MR) is 82.2 cm³/mol. The number of anilines is 1. The zero-order valence-corrected chi connectivity index (χ0v) is 13.1. The summed E-state index contributed by atoms with van der Waals surface area (Å²) in [4.78, 5) is 4.56. The zero-order chi connectivity index (χ0) is 13.2. The van der Waals surface area contributed by atoms with Crippen LogP contribution >= 0.6 is 35.1 Å². The van der Waals surface area contributed by atoms with Crippen molar-refractivity contribution in [2.75, 3.05) is 29.6 Å². The Labute approximate surface area is 124 Å². The van der Waals surface area contributed by atoms with E-state index in [1.807, 2.05) is 37.5 Å². The van der Waals surface area contributed by atoms with Crippen LogP contribution in [0.25, 0.3) is 11.5 Å². The molecule has 5 nitrogen and oxygen atoms in total. The van der Waals surface area contributed by atoms with Crippen LogP contribution in [-0.4, -0.2) is 38.8 Å². The Hall–Kier alpha value is -0.730. The molecule has 3 heterocycles. The standard InChI is InChI=1S/C11H14N4OS3/c1-6-8(11(12-2)19-15-6)10-13-9(14-16-10)7-5-17-3-4-18-7/h7,12H,3-5H2,1-2H3. The van der Waals surface area contributed by atoms with E-state index in [0.717, 1.165) is 33.6 Å². The minimum atomic E-state index is 0.348. The van der Waals surface area contributed by atoms with Crippen molar-refractivity contribution in [3.8, 4) is 11.5 Å². The molecule has 8 heteroatoms. The van der Waals surface area contributed by atoms with Gasteiger partial charge in [-0.3, -0.25) is 0 Å². The highest BCUT2D eigenvalue weighted by molar-refractivity contribution is 8.06. The van der Waals surface area contributed by atoms with Crippen LogP contribution in [0.4, 0.5) is 5.00 Å². The Morgan fingerprint density at radius 1 is 1.37 bits per heavy atom. The Balaban J connectivity index is 1.89. The molecule has 3 rings (SSSR count). The zero-order valence-electron chi connectivity index (χ0n) is 10.7. The Kier molecular flexibility index (Phi) is 3.99. The molecule has 1 N–H and O–H groups in total. The molecule has 19 heavy (non-hydrogen) atoms. The molecule has 2 aromatic rings. The molecular weight excluding hydrogens is 300 g/mol. The van der Waals surface area contributed by atoms with Gasteiger partial charge in [0, 0.05) is 24.3 Å². The van der Waals surface area contributed by atoms with Gasteiger partial charge in [-0.15, -0.1) is 11.8 Å². The molecule has 1 aliphatic rings. The maximum Gasteiger partial charge on any atom is 0.262 e. The molecule has 0 aromatic carbocycles. The Morgan fingerprint density at radius 2 is 2.26 bits per heavy atom. The molecule has 0 bridgehead atoms. The molecular formula is C11H14N4OS3. The van der Waals surface area contributed by atoms with E-state index in [0.29, 0.717) is 11.1 Å².